The molecule has 0 aliphatic heterocycles. The average molecular weight is 331 g/mol. The first-order chi connectivity index (χ1) is 10.0. The van der Waals surface area contributed by atoms with Crippen LogP contribution in [0.25, 0.3) is 11.5 Å². The Morgan fingerprint density at radius 3 is 2.81 bits per heavy atom. The molecule has 2 aromatic rings. The molecule has 0 aliphatic rings. The third kappa shape index (κ3) is 4.51. The van der Waals surface area contributed by atoms with Crippen molar-refractivity contribution < 1.29 is 17.2 Å². The van der Waals surface area contributed by atoms with Gasteiger partial charge in [0.15, 0.2) is 0 Å². The molecule has 0 amide bonds. The van der Waals surface area contributed by atoms with Gasteiger partial charge in [0.05, 0.1) is 11.3 Å². The Bertz CT molecular complexity index is 703. The third-order valence-electron chi connectivity index (χ3n) is 2.60. The summed E-state index contributed by atoms with van der Waals surface area (Å²) in [6, 6.07) is 6.12. The maximum absolute atomic E-state index is 13.6. The number of sulfonamides is 1. The zero-order valence-corrected chi connectivity index (χ0v) is 12.9. The van der Waals surface area contributed by atoms with Crippen molar-refractivity contribution in [1.29, 1.82) is 0 Å². The van der Waals surface area contributed by atoms with Crippen molar-refractivity contribution >= 4 is 21.8 Å². The molecule has 0 atom stereocenters. The van der Waals surface area contributed by atoms with Crippen molar-refractivity contribution in [1.82, 2.24) is 14.9 Å². The monoisotopic (exact) mass is 331 g/mol. The SMILES string of the molecule is CNS(=O)(=O)CCCSc1nnc(-c2ccccc2F)o1. The molecule has 2 rings (SSSR count). The van der Waals surface area contributed by atoms with E-state index < -0.39 is 15.8 Å². The average Bonchev–Trinajstić information content (AvgIpc) is 2.93. The Kier molecular flexibility index (Phi) is 5.32. The summed E-state index contributed by atoms with van der Waals surface area (Å²) in [7, 11) is -1.82. The van der Waals surface area contributed by atoms with Crippen LogP contribution in [0.2, 0.25) is 0 Å². The summed E-state index contributed by atoms with van der Waals surface area (Å²) in [4.78, 5) is 0. The Hall–Kier alpha value is -1.45. The molecule has 0 unspecified atom stereocenters. The van der Waals surface area contributed by atoms with Crippen molar-refractivity contribution in [3.05, 3.63) is 30.1 Å². The van der Waals surface area contributed by atoms with Crippen molar-refractivity contribution in [2.75, 3.05) is 18.6 Å². The van der Waals surface area contributed by atoms with Crippen LogP contribution in [0.3, 0.4) is 0 Å². The van der Waals surface area contributed by atoms with Crippen LogP contribution in [0.1, 0.15) is 6.42 Å². The third-order valence-corrected chi connectivity index (χ3v) is 4.96. The van der Waals surface area contributed by atoms with Gasteiger partial charge < -0.3 is 4.42 Å². The van der Waals surface area contributed by atoms with E-state index in [0.717, 1.165) is 0 Å². The van der Waals surface area contributed by atoms with Gasteiger partial charge in [-0.25, -0.2) is 17.5 Å². The Balaban J connectivity index is 1.91. The topological polar surface area (TPSA) is 85.1 Å². The van der Waals surface area contributed by atoms with E-state index in [0.29, 0.717) is 12.2 Å². The minimum atomic E-state index is -3.20. The fourth-order valence-corrected chi connectivity index (χ4v) is 3.13. The standard InChI is InChI=1S/C12H14FN3O3S2/c1-14-21(17,18)8-4-7-20-12-16-15-11(19-12)9-5-2-3-6-10(9)13/h2-3,5-6,14H,4,7-8H2,1H3. The first-order valence-electron chi connectivity index (χ1n) is 6.14. The second-order valence-corrected chi connectivity index (χ2v) is 7.17. The fraction of sp³-hybridized carbons (Fsp3) is 0.333. The first-order valence-corrected chi connectivity index (χ1v) is 8.78. The second-order valence-electron chi connectivity index (χ2n) is 4.08. The van der Waals surface area contributed by atoms with Crippen molar-refractivity contribution in [2.24, 2.45) is 0 Å². The van der Waals surface area contributed by atoms with Gasteiger partial charge in [0.25, 0.3) is 11.1 Å². The van der Waals surface area contributed by atoms with E-state index in [2.05, 4.69) is 14.9 Å². The van der Waals surface area contributed by atoms with Crippen LogP contribution in [0, 0.1) is 5.82 Å². The van der Waals surface area contributed by atoms with E-state index in [-0.39, 0.29) is 22.4 Å². The largest absolute Gasteiger partial charge is 0.411 e. The molecule has 0 radical (unpaired) electrons. The lowest BCUT2D eigenvalue weighted by Crippen LogP contribution is -2.22. The van der Waals surface area contributed by atoms with E-state index in [1.54, 1.807) is 18.2 Å². The summed E-state index contributed by atoms with van der Waals surface area (Å²) < 4.78 is 43.6. The highest BCUT2D eigenvalue weighted by atomic mass is 32.2. The summed E-state index contributed by atoms with van der Waals surface area (Å²) in [6.45, 7) is 0. The number of nitrogens with one attached hydrogen (secondary N) is 1. The molecular formula is C12H14FN3O3S2. The quantitative estimate of drug-likeness (QED) is 0.616. The van der Waals surface area contributed by atoms with Gasteiger partial charge in [-0.15, -0.1) is 10.2 Å². The van der Waals surface area contributed by atoms with Crippen LogP contribution >= 0.6 is 11.8 Å². The molecule has 9 heteroatoms. The molecule has 0 bridgehead atoms. The molecule has 1 aromatic heterocycles. The number of thioether (sulfide) groups is 1. The lowest BCUT2D eigenvalue weighted by atomic mass is 10.2. The summed E-state index contributed by atoms with van der Waals surface area (Å²) in [5.74, 6) is 0.223. The second kappa shape index (κ2) is 7.01. The molecule has 1 heterocycles. The molecule has 1 N–H and O–H groups in total. The predicted octanol–water partition coefficient (Wildman–Crippen LogP) is 1.91. The summed E-state index contributed by atoms with van der Waals surface area (Å²) in [5, 5.41) is 7.87. The minimum absolute atomic E-state index is 0.0325. The van der Waals surface area contributed by atoms with Gasteiger partial charge in [0, 0.05) is 5.75 Å². The zero-order chi connectivity index (χ0) is 15.3. The number of rotatable bonds is 7. The highest BCUT2D eigenvalue weighted by Crippen LogP contribution is 2.25. The van der Waals surface area contributed by atoms with Gasteiger partial charge in [-0.05, 0) is 25.6 Å². The van der Waals surface area contributed by atoms with Crippen LogP contribution in [-0.4, -0.2) is 37.2 Å². The number of hydrogen-bond donors (Lipinski definition) is 1. The predicted molar refractivity (Wildman–Crippen MR) is 77.9 cm³/mol. The molecule has 0 aliphatic carbocycles. The summed E-state index contributed by atoms with van der Waals surface area (Å²) >= 11 is 1.24. The number of hydrogen-bond acceptors (Lipinski definition) is 6. The molecular weight excluding hydrogens is 317 g/mol. The number of nitrogens with zero attached hydrogens (tertiary/aromatic N) is 2. The van der Waals surface area contributed by atoms with Gasteiger partial charge >= 0.3 is 0 Å². The maximum Gasteiger partial charge on any atom is 0.276 e. The highest BCUT2D eigenvalue weighted by Gasteiger charge is 2.13. The van der Waals surface area contributed by atoms with Crippen LogP contribution in [-0.2, 0) is 10.0 Å². The Labute approximate surface area is 126 Å². The van der Waals surface area contributed by atoms with Crippen molar-refractivity contribution in [3.8, 4) is 11.5 Å². The fourth-order valence-electron chi connectivity index (χ4n) is 1.52. The molecule has 0 fully saturated rings. The van der Waals surface area contributed by atoms with Crippen molar-refractivity contribution in [2.45, 2.75) is 11.6 Å². The van der Waals surface area contributed by atoms with Crippen LogP contribution in [0.15, 0.2) is 33.9 Å². The Morgan fingerprint density at radius 2 is 2.10 bits per heavy atom. The van der Waals surface area contributed by atoms with Gasteiger partial charge in [0.1, 0.15) is 5.82 Å². The number of aromatic nitrogens is 2. The van der Waals surface area contributed by atoms with Crippen LogP contribution < -0.4 is 4.72 Å². The number of halogens is 1. The van der Waals surface area contributed by atoms with E-state index in [1.165, 1.54) is 24.9 Å². The molecule has 21 heavy (non-hydrogen) atoms. The normalized spacial score (nSPS) is 11.7. The molecule has 0 saturated heterocycles. The van der Waals surface area contributed by atoms with E-state index in [1.807, 2.05) is 0 Å². The Morgan fingerprint density at radius 1 is 1.33 bits per heavy atom. The van der Waals surface area contributed by atoms with Gasteiger partial charge in [-0.3, -0.25) is 0 Å². The number of benzene rings is 1. The highest BCUT2D eigenvalue weighted by molar-refractivity contribution is 7.99. The van der Waals surface area contributed by atoms with E-state index >= 15 is 0 Å². The molecule has 114 valence electrons. The van der Waals surface area contributed by atoms with Crippen LogP contribution in [0.4, 0.5) is 4.39 Å². The molecule has 6 nitrogen and oxygen atoms in total. The minimum Gasteiger partial charge on any atom is -0.411 e. The maximum atomic E-state index is 13.6. The van der Waals surface area contributed by atoms with Gasteiger partial charge in [-0.1, -0.05) is 23.9 Å². The zero-order valence-electron chi connectivity index (χ0n) is 11.2. The van der Waals surface area contributed by atoms with Crippen molar-refractivity contribution in [3.63, 3.8) is 0 Å². The lowest BCUT2D eigenvalue weighted by molar-refractivity contribution is 0.463. The van der Waals surface area contributed by atoms with E-state index in [9.17, 15) is 12.8 Å². The molecule has 0 saturated carbocycles. The molecule has 0 spiro atoms. The summed E-state index contributed by atoms with van der Waals surface area (Å²) in [6.07, 6.45) is 0.450. The molecule has 1 aromatic carbocycles. The lowest BCUT2D eigenvalue weighted by Gasteiger charge is -2.00. The first kappa shape index (κ1) is 15.9. The smallest absolute Gasteiger partial charge is 0.276 e. The summed E-state index contributed by atoms with van der Waals surface area (Å²) in [5.41, 5.74) is 0.245. The van der Waals surface area contributed by atoms with E-state index in [4.69, 9.17) is 4.42 Å². The van der Waals surface area contributed by atoms with Gasteiger partial charge in [0.2, 0.25) is 10.0 Å². The van der Waals surface area contributed by atoms with Gasteiger partial charge in [-0.2, -0.15) is 0 Å². The van der Waals surface area contributed by atoms with Crippen LogP contribution in [0.5, 0.6) is 0 Å².